The van der Waals surface area contributed by atoms with Gasteiger partial charge in [0.1, 0.15) is 5.75 Å². The number of nitrogens with two attached hydrogens (primary N) is 1. The number of nitrogens with one attached hydrogen (secondary N) is 1. The van der Waals surface area contributed by atoms with Crippen molar-refractivity contribution in [1.29, 1.82) is 0 Å². The number of hydrogen-bond donors (Lipinski definition) is 2. The van der Waals surface area contributed by atoms with Crippen LogP contribution in [-0.2, 0) is 26.0 Å². The van der Waals surface area contributed by atoms with Gasteiger partial charge < -0.3 is 15.0 Å². The fourth-order valence-corrected chi connectivity index (χ4v) is 4.02. The minimum absolute atomic E-state index is 0.00526. The molecule has 1 saturated heterocycles. The summed E-state index contributed by atoms with van der Waals surface area (Å²) >= 11 is 0. The molecule has 1 aliphatic heterocycles. The van der Waals surface area contributed by atoms with Crippen molar-refractivity contribution in [3.63, 3.8) is 0 Å². The third-order valence-corrected chi connectivity index (χ3v) is 6.27. The van der Waals surface area contributed by atoms with Gasteiger partial charge in [0, 0.05) is 44.8 Å². The van der Waals surface area contributed by atoms with Gasteiger partial charge in [0.2, 0.25) is 21.8 Å². The number of rotatable bonds is 8. The normalized spacial score (nSPS) is 14.8. The van der Waals surface area contributed by atoms with Crippen LogP contribution >= 0.6 is 0 Å². The quantitative estimate of drug-likeness (QED) is 0.607. The molecule has 0 unspecified atom stereocenters. The van der Waals surface area contributed by atoms with Gasteiger partial charge in [-0.25, -0.2) is 13.6 Å². The number of amides is 2. The molecule has 2 amide bonds. The second-order valence-electron chi connectivity index (χ2n) is 7.62. The number of piperazine rings is 1. The van der Waals surface area contributed by atoms with E-state index in [2.05, 4.69) is 10.2 Å². The molecular formula is C22H28N4O5S. The van der Waals surface area contributed by atoms with Gasteiger partial charge in [-0.3, -0.25) is 14.5 Å². The highest BCUT2D eigenvalue weighted by Gasteiger charge is 2.21. The van der Waals surface area contributed by atoms with Crippen LogP contribution in [0.15, 0.2) is 53.4 Å². The molecule has 0 atom stereocenters. The molecule has 3 N–H and O–H groups in total. The Balaban J connectivity index is 1.40. The van der Waals surface area contributed by atoms with Crippen LogP contribution < -0.4 is 15.2 Å². The average molecular weight is 461 g/mol. The van der Waals surface area contributed by atoms with Crippen LogP contribution in [0.3, 0.4) is 0 Å². The fraction of sp³-hybridized carbons (Fsp3) is 0.364. The zero-order chi connectivity index (χ0) is 23.1. The molecule has 1 heterocycles. The summed E-state index contributed by atoms with van der Waals surface area (Å²) in [5.74, 6) is 0.655. The number of benzene rings is 2. The molecule has 32 heavy (non-hydrogen) atoms. The van der Waals surface area contributed by atoms with Crippen LogP contribution in [0, 0.1) is 0 Å². The highest BCUT2D eigenvalue weighted by molar-refractivity contribution is 7.89. The fourth-order valence-electron chi connectivity index (χ4n) is 3.50. The molecule has 172 valence electrons. The average Bonchev–Trinajstić information content (AvgIpc) is 2.78. The van der Waals surface area contributed by atoms with Crippen molar-refractivity contribution in [2.75, 3.05) is 45.2 Å². The van der Waals surface area contributed by atoms with Crippen molar-refractivity contribution in [3.8, 4) is 5.75 Å². The molecule has 0 bridgehead atoms. The van der Waals surface area contributed by atoms with Crippen LogP contribution in [0.4, 0.5) is 5.69 Å². The van der Waals surface area contributed by atoms with Crippen LogP contribution in [0.5, 0.6) is 5.75 Å². The number of carbonyl (C=O) groups excluding carboxylic acids is 2. The predicted molar refractivity (Wildman–Crippen MR) is 121 cm³/mol. The van der Waals surface area contributed by atoms with Gasteiger partial charge in [0.05, 0.1) is 18.4 Å². The van der Waals surface area contributed by atoms with Crippen LogP contribution in [0.1, 0.15) is 12.0 Å². The monoisotopic (exact) mass is 460 g/mol. The van der Waals surface area contributed by atoms with E-state index in [4.69, 9.17) is 9.88 Å². The van der Waals surface area contributed by atoms with E-state index in [-0.39, 0.29) is 16.7 Å². The number of carbonyl (C=O) groups is 2. The molecule has 0 aliphatic carbocycles. The first-order chi connectivity index (χ1) is 15.2. The second-order valence-corrected chi connectivity index (χ2v) is 9.18. The van der Waals surface area contributed by atoms with Gasteiger partial charge in [0.15, 0.2) is 0 Å². The Bertz CT molecular complexity index is 1050. The van der Waals surface area contributed by atoms with Gasteiger partial charge in [-0.05, 0) is 42.0 Å². The molecule has 0 aromatic heterocycles. The van der Waals surface area contributed by atoms with E-state index in [1.54, 1.807) is 7.11 Å². The molecule has 9 nitrogen and oxygen atoms in total. The van der Waals surface area contributed by atoms with Crippen molar-refractivity contribution in [2.24, 2.45) is 5.14 Å². The molecule has 2 aromatic carbocycles. The number of hydrogen-bond acceptors (Lipinski definition) is 6. The summed E-state index contributed by atoms with van der Waals surface area (Å²) in [5, 5.41) is 7.81. The molecule has 10 heteroatoms. The van der Waals surface area contributed by atoms with Crippen molar-refractivity contribution in [3.05, 3.63) is 54.1 Å². The minimum atomic E-state index is -3.76. The Morgan fingerprint density at radius 1 is 1.06 bits per heavy atom. The number of nitrogens with zero attached hydrogens (tertiary/aromatic N) is 2. The largest absolute Gasteiger partial charge is 0.497 e. The second kappa shape index (κ2) is 10.6. The van der Waals surface area contributed by atoms with Gasteiger partial charge in [-0.1, -0.05) is 12.1 Å². The lowest BCUT2D eigenvalue weighted by Gasteiger charge is -2.34. The Hall–Kier alpha value is -2.95. The third kappa shape index (κ3) is 6.78. The Labute approximate surface area is 188 Å². The number of anilines is 1. The maximum absolute atomic E-state index is 12.6. The summed E-state index contributed by atoms with van der Waals surface area (Å²) in [7, 11) is -2.16. The maximum Gasteiger partial charge on any atom is 0.238 e. The highest BCUT2D eigenvalue weighted by Crippen LogP contribution is 2.15. The van der Waals surface area contributed by atoms with E-state index in [0.717, 1.165) is 11.3 Å². The molecular weight excluding hydrogens is 432 g/mol. The molecule has 0 spiro atoms. The van der Waals surface area contributed by atoms with Crippen molar-refractivity contribution in [2.45, 2.75) is 17.7 Å². The van der Waals surface area contributed by atoms with Crippen LogP contribution in [-0.4, -0.2) is 69.9 Å². The lowest BCUT2D eigenvalue weighted by Crippen LogP contribution is -2.49. The third-order valence-electron chi connectivity index (χ3n) is 5.34. The molecule has 1 fully saturated rings. The Kier molecular flexibility index (Phi) is 7.84. The zero-order valence-electron chi connectivity index (χ0n) is 18.0. The maximum atomic E-state index is 12.6. The van der Waals surface area contributed by atoms with Crippen LogP contribution in [0.2, 0.25) is 0 Å². The van der Waals surface area contributed by atoms with E-state index >= 15 is 0 Å². The standard InChI is InChI=1S/C22H28N4O5S/c1-31-19-4-2-3-17(15-19)16-22(28)26-13-11-25(12-14-26)10-9-21(27)24-18-5-7-20(8-6-18)32(23,29)30/h2-8,15H,9-14,16H2,1H3,(H,24,27)(H2,23,29,30). The van der Waals surface area contributed by atoms with E-state index in [1.807, 2.05) is 29.2 Å². The lowest BCUT2D eigenvalue weighted by atomic mass is 10.1. The van der Waals surface area contributed by atoms with Crippen molar-refractivity contribution >= 4 is 27.5 Å². The Morgan fingerprint density at radius 3 is 2.38 bits per heavy atom. The summed E-state index contributed by atoms with van der Waals surface area (Å²) in [6, 6.07) is 13.2. The molecule has 0 saturated carbocycles. The summed E-state index contributed by atoms with van der Waals surface area (Å²) in [5.41, 5.74) is 1.43. The highest BCUT2D eigenvalue weighted by atomic mass is 32.2. The topological polar surface area (TPSA) is 122 Å². The summed E-state index contributed by atoms with van der Waals surface area (Å²) in [4.78, 5) is 28.8. The van der Waals surface area contributed by atoms with Gasteiger partial charge in [-0.15, -0.1) is 0 Å². The first-order valence-electron chi connectivity index (χ1n) is 10.3. The van der Waals surface area contributed by atoms with Gasteiger partial charge in [-0.2, -0.15) is 0 Å². The van der Waals surface area contributed by atoms with E-state index < -0.39 is 10.0 Å². The first kappa shape index (κ1) is 23.7. The number of sulfonamides is 1. The number of methoxy groups -OCH3 is 1. The number of primary sulfonamides is 1. The van der Waals surface area contributed by atoms with E-state index in [9.17, 15) is 18.0 Å². The Morgan fingerprint density at radius 2 is 1.75 bits per heavy atom. The molecule has 1 aliphatic rings. The summed E-state index contributed by atoms with van der Waals surface area (Å²) in [6.07, 6.45) is 0.637. The van der Waals surface area contributed by atoms with E-state index in [0.29, 0.717) is 51.3 Å². The van der Waals surface area contributed by atoms with Crippen LogP contribution in [0.25, 0.3) is 0 Å². The number of ether oxygens (including phenoxy) is 1. The van der Waals surface area contributed by atoms with E-state index in [1.165, 1.54) is 24.3 Å². The summed E-state index contributed by atoms with van der Waals surface area (Å²) < 4.78 is 27.8. The van der Waals surface area contributed by atoms with Gasteiger partial charge in [0.25, 0.3) is 0 Å². The zero-order valence-corrected chi connectivity index (χ0v) is 18.8. The lowest BCUT2D eigenvalue weighted by molar-refractivity contribution is -0.132. The first-order valence-corrected chi connectivity index (χ1v) is 11.8. The van der Waals surface area contributed by atoms with Crippen molar-refractivity contribution in [1.82, 2.24) is 9.80 Å². The molecule has 3 rings (SSSR count). The summed E-state index contributed by atoms with van der Waals surface area (Å²) in [6.45, 7) is 3.25. The van der Waals surface area contributed by atoms with Crippen molar-refractivity contribution < 1.29 is 22.7 Å². The predicted octanol–water partition coefficient (Wildman–Crippen LogP) is 1.06. The smallest absolute Gasteiger partial charge is 0.238 e. The SMILES string of the molecule is COc1cccc(CC(=O)N2CCN(CCC(=O)Nc3ccc(S(N)(=O)=O)cc3)CC2)c1. The van der Waals surface area contributed by atoms with Gasteiger partial charge >= 0.3 is 0 Å². The minimum Gasteiger partial charge on any atom is -0.497 e. The molecule has 0 radical (unpaired) electrons. The molecule has 2 aromatic rings.